The normalized spacial score (nSPS) is 19.7. The zero-order valence-corrected chi connectivity index (χ0v) is 19.1. The van der Waals surface area contributed by atoms with Crippen LogP contribution in [0.5, 0.6) is 0 Å². The highest BCUT2D eigenvalue weighted by molar-refractivity contribution is 7.99. The van der Waals surface area contributed by atoms with E-state index in [-0.39, 0.29) is 11.5 Å². The van der Waals surface area contributed by atoms with Gasteiger partial charge in [0.05, 0.1) is 11.3 Å². The van der Waals surface area contributed by atoms with Crippen molar-refractivity contribution < 1.29 is 4.79 Å². The number of carbonyl (C=O) groups is 1. The molecule has 0 bridgehead atoms. The predicted octanol–water partition coefficient (Wildman–Crippen LogP) is 4.36. The zero-order chi connectivity index (χ0) is 20.4. The van der Waals surface area contributed by atoms with E-state index in [1.807, 2.05) is 27.8 Å². The molecule has 29 heavy (non-hydrogen) atoms. The molecule has 0 radical (unpaired) electrons. The van der Waals surface area contributed by atoms with Crippen LogP contribution >= 0.6 is 34.4 Å². The average Bonchev–Trinajstić information content (AvgIpc) is 3.36. The van der Waals surface area contributed by atoms with Gasteiger partial charge in [-0.25, -0.2) is 4.98 Å². The molecular formula is C21H25N3O2S3. The Balaban J connectivity index is 1.53. The molecule has 154 valence electrons. The quantitative estimate of drug-likeness (QED) is 0.416. The van der Waals surface area contributed by atoms with Crippen molar-refractivity contribution in [3.63, 3.8) is 0 Å². The number of hydrogen-bond donors (Lipinski definition) is 0. The van der Waals surface area contributed by atoms with Gasteiger partial charge < -0.3 is 4.90 Å². The van der Waals surface area contributed by atoms with E-state index < -0.39 is 0 Å². The van der Waals surface area contributed by atoms with Crippen molar-refractivity contribution >= 4 is 50.6 Å². The number of rotatable bonds is 6. The van der Waals surface area contributed by atoms with E-state index in [0.29, 0.717) is 34.0 Å². The molecule has 0 unspecified atom stereocenters. The van der Waals surface area contributed by atoms with Crippen molar-refractivity contribution in [2.45, 2.75) is 38.4 Å². The number of hydrogen-bond acceptors (Lipinski definition) is 6. The van der Waals surface area contributed by atoms with Gasteiger partial charge in [-0.1, -0.05) is 31.7 Å². The molecule has 1 saturated heterocycles. The molecule has 4 rings (SSSR count). The Morgan fingerprint density at radius 3 is 2.72 bits per heavy atom. The largest absolute Gasteiger partial charge is 0.341 e. The van der Waals surface area contributed by atoms with Gasteiger partial charge in [0.2, 0.25) is 5.91 Å². The van der Waals surface area contributed by atoms with E-state index in [4.69, 9.17) is 4.98 Å². The number of thioether (sulfide) groups is 1. The second-order valence-corrected chi connectivity index (χ2v) is 10.7. The van der Waals surface area contributed by atoms with Gasteiger partial charge >= 0.3 is 0 Å². The highest BCUT2D eigenvalue weighted by atomic mass is 32.2. The fourth-order valence-corrected chi connectivity index (χ4v) is 6.40. The minimum absolute atomic E-state index is 0.00304. The molecule has 0 aliphatic carbocycles. The topological polar surface area (TPSA) is 55.2 Å². The Morgan fingerprint density at radius 1 is 1.21 bits per heavy atom. The first-order valence-electron chi connectivity index (χ1n) is 9.92. The third-order valence-electron chi connectivity index (χ3n) is 5.24. The molecule has 1 amide bonds. The molecule has 2 atom stereocenters. The van der Waals surface area contributed by atoms with Gasteiger partial charge in [-0.15, -0.1) is 22.7 Å². The summed E-state index contributed by atoms with van der Waals surface area (Å²) in [6, 6.07) is 5.99. The maximum Gasteiger partial charge on any atom is 0.272 e. The van der Waals surface area contributed by atoms with Crippen LogP contribution < -0.4 is 5.56 Å². The Kier molecular flexibility index (Phi) is 6.41. The molecular weight excluding hydrogens is 422 g/mol. The smallest absolute Gasteiger partial charge is 0.272 e. The van der Waals surface area contributed by atoms with Crippen LogP contribution in [0.15, 0.2) is 38.9 Å². The molecule has 4 heterocycles. The lowest BCUT2D eigenvalue weighted by molar-refractivity contribution is -0.130. The number of likely N-dealkylation sites (tertiary alicyclic amines) is 1. The number of nitrogens with zero attached hydrogens (tertiary/aromatic N) is 3. The van der Waals surface area contributed by atoms with Gasteiger partial charge in [0.1, 0.15) is 4.70 Å². The van der Waals surface area contributed by atoms with Gasteiger partial charge in [-0.3, -0.25) is 14.2 Å². The summed E-state index contributed by atoms with van der Waals surface area (Å²) in [5.41, 5.74) is 0.722. The average molecular weight is 448 g/mol. The fraction of sp³-hybridized carbons (Fsp3) is 0.476. The highest BCUT2D eigenvalue weighted by Gasteiger charge is 2.25. The molecule has 0 N–H and O–H groups in total. The SMILES string of the molecule is C[C@@H]1C[C@@H](C)CN(C(=O)CSc2nc3ccsc3c(=O)n2CCc2cccs2)C1. The van der Waals surface area contributed by atoms with Gasteiger partial charge in [0.15, 0.2) is 5.16 Å². The summed E-state index contributed by atoms with van der Waals surface area (Å²) >= 11 is 4.52. The van der Waals surface area contributed by atoms with Gasteiger partial charge in [0, 0.05) is 24.5 Å². The van der Waals surface area contributed by atoms with Crippen molar-refractivity contribution in [3.05, 3.63) is 44.2 Å². The number of fused-ring (bicyclic) bond motifs is 1. The van der Waals surface area contributed by atoms with Crippen LogP contribution in [0.3, 0.4) is 0 Å². The molecule has 5 nitrogen and oxygen atoms in total. The number of aryl methyl sites for hydroxylation is 1. The van der Waals surface area contributed by atoms with Crippen LogP contribution in [0.2, 0.25) is 0 Å². The maximum absolute atomic E-state index is 13.0. The fourth-order valence-electron chi connectivity index (χ4n) is 3.99. The summed E-state index contributed by atoms with van der Waals surface area (Å²) in [6.45, 7) is 6.64. The lowest BCUT2D eigenvalue weighted by Gasteiger charge is -2.35. The number of aromatic nitrogens is 2. The summed E-state index contributed by atoms with van der Waals surface area (Å²) in [4.78, 5) is 33.8. The second kappa shape index (κ2) is 9.02. The lowest BCUT2D eigenvalue weighted by Crippen LogP contribution is -2.43. The summed E-state index contributed by atoms with van der Waals surface area (Å²) < 4.78 is 2.43. The summed E-state index contributed by atoms with van der Waals surface area (Å²) in [5, 5.41) is 4.59. The van der Waals surface area contributed by atoms with Crippen LogP contribution in [0.4, 0.5) is 0 Å². The first-order chi connectivity index (χ1) is 14.0. The van der Waals surface area contributed by atoms with Crippen LogP contribution in [0.1, 0.15) is 25.1 Å². The standard InChI is InChI=1S/C21H25N3O2S3/c1-14-10-15(2)12-23(11-14)18(25)13-29-21-22-17-6-9-28-19(17)20(26)24(21)7-5-16-4-3-8-27-16/h3-4,6,8-9,14-15H,5,7,10-13H2,1-2H3/t14-,15-/m1/s1. The molecule has 3 aromatic heterocycles. The second-order valence-electron chi connectivity index (χ2n) is 7.85. The van der Waals surface area contributed by atoms with Crippen molar-refractivity contribution in [1.29, 1.82) is 0 Å². The molecule has 1 aliphatic rings. The number of amides is 1. The van der Waals surface area contributed by atoms with E-state index in [0.717, 1.165) is 25.0 Å². The van der Waals surface area contributed by atoms with E-state index in [9.17, 15) is 9.59 Å². The molecule has 0 spiro atoms. The number of carbonyl (C=O) groups excluding carboxylic acids is 1. The minimum atomic E-state index is -0.00304. The van der Waals surface area contributed by atoms with Crippen LogP contribution in [0, 0.1) is 11.8 Å². The molecule has 3 aromatic rings. The van der Waals surface area contributed by atoms with Crippen LogP contribution in [-0.4, -0.2) is 39.2 Å². The Labute approximate surface area is 182 Å². The van der Waals surface area contributed by atoms with Crippen molar-refractivity contribution in [1.82, 2.24) is 14.5 Å². The van der Waals surface area contributed by atoms with Gasteiger partial charge in [-0.2, -0.15) is 0 Å². The third-order valence-corrected chi connectivity index (χ3v) is 8.03. The molecule has 0 saturated carbocycles. The first kappa shape index (κ1) is 20.6. The monoisotopic (exact) mass is 447 g/mol. The maximum atomic E-state index is 13.0. The first-order valence-corrected chi connectivity index (χ1v) is 12.7. The Bertz CT molecular complexity index is 1030. The third kappa shape index (κ3) is 4.75. The zero-order valence-electron chi connectivity index (χ0n) is 16.7. The Hall–Kier alpha value is -1.64. The number of thiophene rings is 2. The summed E-state index contributed by atoms with van der Waals surface area (Å²) in [6.07, 6.45) is 1.97. The van der Waals surface area contributed by atoms with E-state index in [1.54, 1.807) is 15.9 Å². The molecule has 1 aliphatic heterocycles. The van der Waals surface area contributed by atoms with Gasteiger partial charge in [0.25, 0.3) is 5.56 Å². The summed E-state index contributed by atoms with van der Waals surface area (Å²) in [5.74, 6) is 1.53. The predicted molar refractivity (Wildman–Crippen MR) is 122 cm³/mol. The van der Waals surface area contributed by atoms with E-state index in [1.165, 1.54) is 34.4 Å². The highest BCUT2D eigenvalue weighted by Crippen LogP contribution is 2.25. The van der Waals surface area contributed by atoms with Crippen molar-refractivity contribution in [2.24, 2.45) is 11.8 Å². The van der Waals surface area contributed by atoms with Crippen LogP contribution in [0.25, 0.3) is 10.2 Å². The van der Waals surface area contributed by atoms with Crippen molar-refractivity contribution in [2.75, 3.05) is 18.8 Å². The molecule has 0 aromatic carbocycles. The van der Waals surface area contributed by atoms with Crippen LogP contribution in [-0.2, 0) is 17.8 Å². The van der Waals surface area contributed by atoms with E-state index >= 15 is 0 Å². The summed E-state index contributed by atoms with van der Waals surface area (Å²) in [7, 11) is 0. The lowest BCUT2D eigenvalue weighted by atomic mass is 9.92. The van der Waals surface area contributed by atoms with Crippen molar-refractivity contribution in [3.8, 4) is 0 Å². The molecule has 8 heteroatoms. The minimum Gasteiger partial charge on any atom is -0.341 e. The number of piperidine rings is 1. The Morgan fingerprint density at radius 2 is 2.00 bits per heavy atom. The molecule has 1 fully saturated rings. The van der Waals surface area contributed by atoms with Gasteiger partial charge in [-0.05, 0) is 47.6 Å². The van der Waals surface area contributed by atoms with E-state index in [2.05, 4.69) is 19.9 Å².